The summed E-state index contributed by atoms with van der Waals surface area (Å²) < 4.78 is 7.34. The first-order valence-electron chi connectivity index (χ1n) is 8.97. The van der Waals surface area contributed by atoms with E-state index in [4.69, 9.17) is 4.74 Å². The predicted molar refractivity (Wildman–Crippen MR) is 110 cm³/mol. The predicted octanol–water partition coefficient (Wildman–Crippen LogP) is 3.81. The van der Waals surface area contributed by atoms with Gasteiger partial charge in [0.25, 0.3) is 0 Å². The number of ether oxygens (including phenoxy) is 1. The minimum atomic E-state index is -0.256. The molecule has 2 aromatic carbocycles. The Kier molecular flexibility index (Phi) is 6.54. The first-order valence-corrected chi connectivity index (χ1v) is 9.96. The number of H-pyrrole nitrogens is 1. The number of aromatic nitrogens is 3. The number of carbonyl (C=O) groups is 1. The van der Waals surface area contributed by atoms with E-state index in [-0.39, 0.29) is 17.3 Å². The molecule has 146 valence electrons. The van der Waals surface area contributed by atoms with Gasteiger partial charge in [0.2, 0.25) is 5.91 Å². The molecule has 0 aliphatic carbocycles. The summed E-state index contributed by atoms with van der Waals surface area (Å²) in [5.74, 6) is 1.45. The Morgan fingerprint density at radius 3 is 2.71 bits per heavy atom. The Bertz CT molecular complexity index is 995. The molecule has 3 aromatic rings. The van der Waals surface area contributed by atoms with Crippen LogP contribution < -0.4 is 15.7 Å². The maximum absolute atomic E-state index is 12.2. The van der Waals surface area contributed by atoms with E-state index in [2.05, 4.69) is 15.5 Å². The van der Waals surface area contributed by atoms with Crippen LogP contribution in [0.1, 0.15) is 18.9 Å². The molecular weight excluding hydrogens is 376 g/mol. The van der Waals surface area contributed by atoms with Gasteiger partial charge in [0, 0.05) is 12.2 Å². The van der Waals surface area contributed by atoms with Gasteiger partial charge in [0.15, 0.2) is 5.16 Å². The van der Waals surface area contributed by atoms with E-state index in [0.29, 0.717) is 23.1 Å². The highest BCUT2D eigenvalue weighted by Gasteiger charge is 2.11. The number of carbonyl (C=O) groups excluding carboxylic acids is 1. The summed E-state index contributed by atoms with van der Waals surface area (Å²) in [4.78, 5) is 23.9. The lowest BCUT2D eigenvalue weighted by atomic mass is 10.2. The molecule has 7 nitrogen and oxygen atoms in total. The van der Waals surface area contributed by atoms with Crippen molar-refractivity contribution >= 4 is 23.4 Å². The van der Waals surface area contributed by atoms with E-state index >= 15 is 0 Å². The van der Waals surface area contributed by atoms with Crippen LogP contribution in [0.3, 0.4) is 0 Å². The third-order valence-corrected chi connectivity index (χ3v) is 4.84. The fraction of sp³-hybridized carbons (Fsp3) is 0.250. The second kappa shape index (κ2) is 9.27. The zero-order chi connectivity index (χ0) is 19.9. The van der Waals surface area contributed by atoms with Crippen molar-refractivity contribution in [2.24, 2.45) is 0 Å². The number of aryl methyl sites for hydroxylation is 1. The molecule has 3 rings (SSSR count). The molecule has 1 aromatic heterocycles. The van der Waals surface area contributed by atoms with Crippen molar-refractivity contribution in [3.8, 4) is 11.5 Å². The maximum atomic E-state index is 12.2. The van der Waals surface area contributed by atoms with Crippen molar-refractivity contribution in [2.75, 3.05) is 11.1 Å². The third-order valence-electron chi connectivity index (χ3n) is 3.87. The Hall–Kier alpha value is -3.00. The Morgan fingerprint density at radius 2 is 2.00 bits per heavy atom. The van der Waals surface area contributed by atoms with Gasteiger partial charge in [0.1, 0.15) is 11.5 Å². The molecular formula is C20H22N4O3S. The molecule has 2 N–H and O–H groups in total. The van der Waals surface area contributed by atoms with Gasteiger partial charge in [0.05, 0.1) is 5.75 Å². The second-order valence-electron chi connectivity index (χ2n) is 6.24. The van der Waals surface area contributed by atoms with Gasteiger partial charge in [-0.05, 0) is 55.3 Å². The second-order valence-corrected chi connectivity index (χ2v) is 7.19. The topological polar surface area (TPSA) is 89.0 Å². The van der Waals surface area contributed by atoms with Crippen molar-refractivity contribution in [3.63, 3.8) is 0 Å². The summed E-state index contributed by atoms with van der Waals surface area (Å²) in [6.07, 6.45) is 0.816. The zero-order valence-corrected chi connectivity index (χ0v) is 16.6. The molecule has 0 unspecified atom stereocenters. The number of hydrogen-bond donors (Lipinski definition) is 2. The zero-order valence-electron chi connectivity index (χ0n) is 15.8. The summed E-state index contributed by atoms with van der Waals surface area (Å²) in [6.45, 7) is 4.56. The van der Waals surface area contributed by atoms with Crippen LogP contribution in [0.25, 0.3) is 0 Å². The number of aromatic amines is 1. The van der Waals surface area contributed by atoms with E-state index in [1.54, 1.807) is 24.3 Å². The molecule has 0 saturated heterocycles. The number of amides is 1. The summed E-state index contributed by atoms with van der Waals surface area (Å²) >= 11 is 1.23. The fourth-order valence-electron chi connectivity index (χ4n) is 2.58. The molecule has 0 fully saturated rings. The van der Waals surface area contributed by atoms with Gasteiger partial charge < -0.3 is 10.1 Å². The van der Waals surface area contributed by atoms with Crippen LogP contribution in [0.2, 0.25) is 0 Å². The summed E-state index contributed by atoms with van der Waals surface area (Å²) in [5, 5.41) is 9.73. The quantitative estimate of drug-likeness (QED) is 0.563. The molecule has 8 heteroatoms. The monoisotopic (exact) mass is 398 g/mol. The molecule has 0 radical (unpaired) electrons. The van der Waals surface area contributed by atoms with Gasteiger partial charge in [-0.1, -0.05) is 30.8 Å². The minimum Gasteiger partial charge on any atom is -0.457 e. The van der Waals surface area contributed by atoms with Gasteiger partial charge in [-0.3, -0.25) is 9.36 Å². The van der Waals surface area contributed by atoms with E-state index in [1.165, 1.54) is 16.3 Å². The lowest BCUT2D eigenvalue weighted by molar-refractivity contribution is -0.113. The summed E-state index contributed by atoms with van der Waals surface area (Å²) in [6, 6.07) is 15.0. The van der Waals surface area contributed by atoms with Crippen LogP contribution in [0, 0.1) is 6.92 Å². The van der Waals surface area contributed by atoms with Crippen LogP contribution in [-0.2, 0) is 11.3 Å². The highest BCUT2D eigenvalue weighted by molar-refractivity contribution is 7.99. The van der Waals surface area contributed by atoms with Crippen LogP contribution in [0.15, 0.2) is 58.5 Å². The Labute approximate surface area is 167 Å². The van der Waals surface area contributed by atoms with Crippen molar-refractivity contribution in [2.45, 2.75) is 32.0 Å². The number of benzene rings is 2. The molecule has 0 aliphatic rings. The van der Waals surface area contributed by atoms with Crippen LogP contribution >= 0.6 is 11.8 Å². The highest BCUT2D eigenvalue weighted by atomic mass is 32.2. The molecule has 0 atom stereocenters. The average Bonchev–Trinajstić information content (AvgIpc) is 3.02. The van der Waals surface area contributed by atoms with E-state index in [9.17, 15) is 9.59 Å². The SMILES string of the molecule is CCCn1c(SCC(=O)Nc2ccc(Oc3cccc(C)c3)cc2)n[nH]c1=O. The van der Waals surface area contributed by atoms with Crippen LogP contribution in [0.4, 0.5) is 5.69 Å². The molecule has 0 bridgehead atoms. The molecule has 1 amide bonds. The number of nitrogens with one attached hydrogen (secondary N) is 2. The van der Waals surface area contributed by atoms with Gasteiger partial charge in [-0.15, -0.1) is 5.10 Å². The van der Waals surface area contributed by atoms with Crippen molar-refractivity contribution < 1.29 is 9.53 Å². The number of anilines is 1. The van der Waals surface area contributed by atoms with Crippen molar-refractivity contribution in [1.29, 1.82) is 0 Å². The lowest BCUT2D eigenvalue weighted by Crippen LogP contribution is -2.18. The Morgan fingerprint density at radius 1 is 1.21 bits per heavy atom. The number of nitrogens with zero attached hydrogens (tertiary/aromatic N) is 2. The average molecular weight is 398 g/mol. The van der Waals surface area contributed by atoms with Crippen LogP contribution in [-0.4, -0.2) is 26.4 Å². The number of rotatable bonds is 8. The molecule has 0 aliphatic heterocycles. The largest absolute Gasteiger partial charge is 0.457 e. The summed E-state index contributed by atoms with van der Waals surface area (Å²) in [5.41, 5.74) is 1.55. The van der Waals surface area contributed by atoms with E-state index in [0.717, 1.165) is 17.7 Å². The molecule has 0 saturated carbocycles. The number of hydrogen-bond acceptors (Lipinski definition) is 5. The number of thioether (sulfide) groups is 1. The first kappa shape index (κ1) is 19.8. The van der Waals surface area contributed by atoms with Gasteiger partial charge in [-0.25, -0.2) is 9.89 Å². The fourth-order valence-corrected chi connectivity index (χ4v) is 3.36. The minimum absolute atomic E-state index is 0.162. The van der Waals surface area contributed by atoms with Crippen LogP contribution in [0.5, 0.6) is 11.5 Å². The standard InChI is InChI=1S/C20H22N4O3S/c1-3-11-24-19(26)22-23-20(24)28-13-18(25)21-15-7-9-16(10-8-15)27-17-6-4-5-14(2)12-17/h4-10,12H,3,11,13H2,1-2H3,(H,21,25)(H,22,26). The van der Waals surface area contributed by atoms with Crippen molar-refractivity contribution in [1.82, 2.24) is 14.8 Å². The van der Waals surface area contributed by atoms with E-state index in [1.807, 2.05) is 38.1 Å². The van der Waals surface area contributed by atoms with Crippen molar-refractivity contribution in [3.05, 3.63) is 64.6 Å². The smallest absolute Gasteiger partial charge is 0.343 e. The van der Waals surface area contributed by atoms with E-state index < -0.39 is 0 Å². The highest BCUT2D eigenvalue weighted by Crippen LogP contribution is 2.24. The third kappa shape index (κ3) is 5.26. The lowest BCUT2D eigenvalue weighted by Gasteiger charge is -2.09. The Balaban J connectivity index is 1.54. The van der Waals surface area contributed by atoms with Gasteiger partial charge in [-0.2, -0.15) is 0 Å². The van der Waals surface area contributed by atoms with Gasteiger partial charge >= 0.3 is 5.69 Å². The normalized spacial score (nSPS) is 10.6. The maximum Gasteiger partial charge on any atom is 0.343 e. The molecule has 1 heterocycles. The first-order chi connectivity index (χ1) is 13.5. The molecule has 28 heavy (non-hydrogen) atoms. The molecule has 0 spiro atoms. The summed E-state index contributed by atoms with van der Waals surface area (Å²) in [7, 11) is 0.